The molecule has 2 heterocycles. The maximum atomic E-state index is 3.93. The summed E-state index contributed by atoms with van der Waals surface area (Å²) in [5, 5.41) is 10.3. The van der Waals surface area contributed by atoms with Crippen molar-refractivity contribution >= 4 is 0 Å². The van der Waals surface area contributed by atoms with Crippen molar-refractivity contribution in [3.63, 3.8) is 0 Å². The standard InChI is InChI=1S/C10H18N4/c1-14-4-2-3-10(8-14)11-5-9-6-12-13-7-9/h6-7,10-11H,2-5,8H2,1H3,(H,12,13). The molecular formula is C10H18N4. The van der Waals surface area contributed by atoms with E-state index in [0.717, 1.165) is 13.1 Å². The molecule has 1 atom stereocenters. The monoisotopic (exact) mass is 194 g/mol. The summed E-state index contributed by atoms with van der Waals surface area (Å²) in [6.45, 7) is 3.33. The van der Waals surface area contributed by atoms with E-state index in [1.165, 1.54) is 24.9 Å². The summed E-state index contributed by atoms with van der Waals surface area (Å²) in [6.07, 6.45) is 6.42. The molecular weight excluding hydrogens is 176 g/mol. The zero-order valence-corrected chi connectivity index (χ0v) is 8.66. The molecule has 4 heteroatoms. The third-order valence-electron chi connectivity index (χ3n) is 2.77. The number of likely N-dealkylation sites (tertiary alicyclic amines) is 1. The predicted octanol–water partition coefficient (Wildman–Crippen LogP) is 0.593. The van der Waals surface area contributed by atoms with Gasteiger partial charge in [0.2, 0.25) is 0 Å². The van der Waals surface area contributed by atoms with E-state index < -0.39 is 0 Å². The van der Waals surface area contributed by atoms with Gasteiger partial charge in [0, 0.05) is 30.9 Å². The predicted molar refractivity (Wildman–Crippen MR) is 55.9 cm³/mol. The van der Waals surface area contributed by atoms with Crippen LogP contribution in [0.25, 0.3) is 0 Å². The van der Waals surface area contributed by atoms with E-state index in [1.807, 2.05) is 12.4 Å². The van der Waals surface area contributed by atoms with E-state index in [0.29, 0.717) is 6.04 Å². The number of H-pyrrole nitrogens is 1. The molecule has 1 fully saturated rings. The van der Waals surface area contributed by atoms with Gasteiger partial charge in [0.1, 0.15) is 0 Å². The summed E-state index contributed by atoms with van der Waals surface area (Å²) in [5.74, 6) is 0. The maximum absolute atomic E-state index is 3.93. The van der Waals surface area contributed by atoms with Crippen LogP contribution in [0, 0.1) is 0 Å². The van der Waals surface area contributed by atoms with Gasteiger partial charge in [-0.2, -0.15) is 5.10 Å². The number of aromatic amines is 1. The molecule has 2 rings (SSSR count). The molecule has 0 aromatic carbocycles. The minimum absolute atomic E-state index is 0.642. The van der Waals surface area contributed by atoms with Gasteiger partial charge in [-0.15, -0.1) is 0 Å². The molecule has 78 valence electrons. The highest BCUT2D eigenvalue weighted by Gasteiger charge is 2.15. The Bertz CT molecular complexity index is 257. The quantitative estimate of drug-likeness (QED) is 0.740. The number of nitrogens with zero attached hydrogens (tertiary/aromatic N) is 2. The number of aromatic nitrogens is 2. The summed E-state index contributed by atoms with van der Waals surface area (Å²) in [6, 6.07) is 0.642. The zero-order valence-electron chi connectivity index (χ0n) is 8.66. The lowest BCUT2D eigenvalue weighted by molar-refractivity contribution is 0.226. The molecule has 1 aromatic heterocycles. The number of hydrogen-bond donors (Lipinski definition) is 2. The summed E-state index contributed by atoms with van der Waals surface area (Å²) >= 11 is 0. The summed E-state index contributed by atoms with van der Waals surface area (Å²) in [7, 11) is 2.19. The third-order valence-corrected chi connectivity index (χ3v) is 2.77. The van der Waals surface area contributed by atoms with Gasteiger partial charge in [0.15, 0.2) is 0 Å². The molecule has 14 heavy (non-hydrogen) atoms. The van der Waals surface area contributed by atoms with Crippen molar-refractivity contribution in [1.82, 2.24) is 20.4 Å². The maximum Gasteiger partial charge on any atom is 0.0532 e. The van der Waals surface area contributed by atoms with Gasteiger partial charge < -0.3 is 10.2 Å². The Kier molecular flexibility index (Phi) is 3.16. The fourth-order valence-corrected chi connectivity index (χ4v) is 1.97. The lowest BCUT2D eigenvalue weighted by Crippen LogP contribution is -2.43. The van der Waals surface area contributed by atoms with Crippen LogP contribution >= 0.6 is 0 Å². The fraction of sp³-hybridized carbons (Fsp3) is 0.700. The lowest BCUT2D eigenvalue weighted by atomic mass is 10.1. The van der Waals surface area contributed by atoms with Crippen LogP contribution < -0.4 is 5.32 Å². The number of nitrogens with one attached hydrogen (secondary N) is 2. The van der Waals surface area contributed by atoms with Crippen molar-refractivity contribution in [3.05, 3.63) is 18.0 Å². The Morgan fingerprint density at radius 1 is 1.71 bits per heavy atom. The van der Waals surface area contributed by atoms with Crippen LogP contribution in [0.3, 0.4) is 0 Å². The van der Waals surface area contributed by atoms with E-state index >= 15 is 0 Å². The van der Waals surface area contributed by atoms with Gasteiger partial charge in [0.05, 0.1) is 6.20 Å². The Morgan fingerprint density at radius 3 is 3.36 bits per heavy atom. The molecule has 0 aliphatic carbocycles. The van der Waals surface area contributed by atoms with E-state index in [2.05, 4.69) is 27.5 Å². The van der Waals surface area contributed by atoms with E-state index in [-0.39, 0.29) is 0 Å². The minimum atomic E-state index is 0.642. The van der Waals surface area contributed by atoms with E-state index in [4.69, 9.17) is 0 Å². The van der Waals surface area contributed by atoms with Gasteiger partial charge in [-0.1, -0.05) is 0 Å². The first-order valence-corrected chi connectivity index (χ1v) is 5.24. The van der Waals surface area contributed by atoms with Crippen molar-refractivity contribution in [2.24, 2.45) is 0 Å². The Morgan fingerprint density at radius 2 is 2.64 bits per heavy atom. The van der Waals surface area contributed by atoms with E-state index in [9.17, 15) is 0 Å². The molecule has 4 nitrogen and oxygen atoms in total. The van der Waals surface area contributed by atoms with Crippen molar-refractivity contribution in [3.8, 4) is 0 Å². The second kappa shape index (κ2) is 4.57. The Balaban J connectivity index is 1.75. The molecule has 0 spiro atoms. The van der Waals surface area contributed by atoms with Crippen LogP contribution in [-0.2, 0) is 6.54 Å². The van der Waals surface area contributed by atoms with Gasteiger partial charge in [0.25, 0.3) is 0 Å². The molecule has 1 aliphatic heterocycles. The first-order valence-electron chi connectivity index (χ1n) is 5.24. The molecule has 2 N–H and O–H groups in total. The van der Waals surface area contributed by atoms with Crippen molar-refractivity contribution in [2.45, 2.75) is 25.4 Å². The van der Waals surface area contributed by atoms with Crippen molar-refractivity contribution in [1.29, 1.82) is 0 Å². The second-order valence-electron chi connectivity index (χ2n) is 4.09. The van der Waals surface area contributed by atoms with Gasteiger partial charge in [-0.3, -0.25) is 5.10 Å². The number of rotatable bonds is 3. The van der Waals surface area contributed by atoms with Crippen molar-refractivity contribution < 1.29 is 0 Å². The van der Waals surface area contributed by atoms with Gasteiger partial charge in [-0.25, -0.2) is 0 Å². The van der Waals surface area contributed by atoms with Crippen LogP contribution in [0.2, 0.25) is 0 Å². The zero-order chi connectivity index (χ0) is 9.80. The topological polar surface area (TPSA) is 44.0 Å². The summed E-state index contributed by atoms with van der Waals surface area (Å²) < 4.78 is 0. The average molecular weight is 194 g/mol. The minimum Gasteiger partial charge on any atom is -0.309 e. The Labute approximate surface area is 84.7 Å². The lowest BCUT2D eigenvalue weighted by Gasteiger charge is -2.30. The highest BCUT2D eigenvalue weighted by atomic mass is 15.1. The highest BCUT2D eigenvalue weighted by molar-refractivity contribution is 5.02. The molecule has 0 bridgehead atoms. The van der Waals surface area contributed by atoms with Crippen LogP contribution in [0.15, 0.2) is 12.4 Å². The van der Waals surface area contributed by atoms with Crippen LogP contribution in [0.1, 0.15) is 18.4 Å². The largest absolute Gasteiger partial charge is 0.309 e. The van der Waals surface area contributed by atoms with Crippen LogP contribution in [0.5, 0.6) is 0 Å². The Hall–Kier alpha value is -0.870. The fourth-order valence-electron chi connectivity index (χ4n) is 1.97. The third kappa shape index (κ3) is 2.56. The van der Waals surface area contributed by atoms with Crippen molar-refractivity contribution in [2.75, 3.05) is 20.1 Å². The van der Waals surface area contributed by atoms with E-state index in [1.54, 1.807) is 0 Å². The first-order chi connectivity index (χ1) is 6.84. The van der Waals surface area contributed by atoms with Gasteiger partial charge in [-0.05, 0) is 26.4 Å². The SMILES string of the molecule is CN1CCCC(NCc2cn[nH]c2)C1. The molecule has 0 radical (unpaired) electrons. The van der Waals surface area contributed by atoms with Crippen LogP contribution in [0.4, 0.5) is 0 Å². The average Bonchev–Trinajstić information content (AvgIpc) is 2.67. The molecule has 1 aromatic rings. The second-order valence-corrected chi connectivity index (χ2v) is 4.09. The number of likely N-dealkylation sites (N-methyl/N-ethyl adjacent to an activating group) is 1. The molecule has 1 saturated heterocycles. The smallest absolute Gasteiger partial charge is 0.0532 e. The number of hydrogen-bond acceptors (Lipinski definition) is 3. The molecule has 1 aliphatic rings. The first kappa shape index (κ1) is 9.68. The molecule has 0 saturated carbocycles. The van der Waals surface area contributed by atoms with Gasteiger partial charge >= 0.3 is 0 Å². The molecule has 0 amide bonds. The molecule has 1 unspecified atom stereocenters. The highest BCUT2D eigenvalue weighted by Crippen LogP contribution is 2.08. The summed E-state index contributed by atoms with van der Waals surface area (Å²) in [5.41, 5.74) is 1.23. The van der Waals surface area contributed by atoms with Crippen LogP contribution in [-0.4, -0.2) is 41.3 Å². The summed E-state index contributed by atoms with van der Waals surface area (Å²) in [4.78, 5) is 2.39. The normalized spacial score (nSPS) is 23.9. The number of piperidine rings is 1.